The Labute approximate surface area is 224 Å². The third-order valence-electron chi connectivity index (χ3n) is 5.32. The number of aromatic nitrogens is 1. The van der Waals surface area contributed by atoms with Crippen molar-refractivity contribution in [1.29, 1.82) is 0 Å². The van der Waals surface area contributed by atoms with Crippen molar-refractivity contribution in [2.75, 3.05) is 13.1 Å². The minimum Gasteiger partial charge on any atom is -0.354 e. The Bertz CT molecular complexity index is 922. The van der Waals surface area contributed by atoms with E-state index in [4.69, 9.17) is 0 Å². The average Bonchev–Trinajstić information content (AvgIpc) is 2.92. The van der Waals surface area contributed by atoms with Crippen molar-refractivity contribution in [3.63, 3.8) is 0 Å². The Morgan fingerprint density at radius 2 is 1.22 bits per heavy atom. The molecule has 5 heteroatoms. The van der Waals surface area contributed by atoms with Gasteiger partial charge in [0.25, 0.3) is 5.91 Å². The molecule has 200 valence electrons. The maximum Gasteiger partial charge on any atom is 0.252 e. The highest BCUT2D eigenvalue weighted by Crippen LogP contribution is 2.01. The van der Waals surface area contributed by atoms with E-state index in [1.165, 1.54) is 0 Å². The molecular weight excluding hydrogens is 458 g/mol. The summed E-state index contributed by atoms with van der Waals surface area (Å²) in [4.78, 5) is 28.2. The van der Waals surface area contributed by atoms with E-state index in [-0.39, 0.29) is 11.8 Å². The summed E-state index contributed by atoms with van der Waals surface area (Å²) in [6.07, 6.45) is 35.5. The van der Waals surface area contributed by atoms with Gasteiger partial charge in [0, 0.05) is 31.4 Å². The molecule has 37 heavy (non-hydrogen) atoms. The Morgan fingerprint density at radius 3 is 1.70 bits per heavy atom. The second kappa shape index (κ2) is 23.0. The van der Waals surface area contributed by atoms with Gasteiger partial charge in [-0.25, -0.2) is 0 Å². The predicted octanol–water partition coefficient (Wildman–Crippen LogP) is 6.97. The highest BCUT2D eigenvalue weighted by Gasteiger charge is 2.05. The molecule has 0 saturated heterocycles. The van der Waals surface area contributed by atoms with Crippen LogP contribution in [0.1, 0.15) is 81.3 Å². The summed E-state index contributed by atoms with van der Waals surface area (Å²) in [7, 11) is 0. The molecule has 1 aromatic heterocycles. The number of hydrogen-bond acceptors (Lipinski definition) is 3. The lowest BCUT2D eigenvalue weighted by Gasteiger charge is -2.07. The highest BCUT2D eigenvalue weighted by atomic mass is 16.2. The molecule has 2 amide bonds. The minimum absolute atomic E-state index is 0.0113. The van der Waals surface area contributed by atoms with Crippen LogP contribution in [-0.2, 0) is 11.2 Å². The lowest BCUT2D eigenvalue weighted by atomic mass is 10.2. The summed E-state index contributed by atoms with van der Waals surface area (Å²) in [5, 5.41) is 5.62. The maximum atomic E-state index is 12.1. The van der Waals surface area contributed by atoms with E-state index in [1.807, 2.05) is 19.1 Å². The minimum atomic E-state index is -0.178. The fraction of sp³-hybridized carbons (Fsp3) is 0.406. The molecule has 0 atom stereocenters. The second-order valence-corrected chi connectivity index (χ2v) is 8.45. The molecule has 1 rings (SSSR count). The van der Waals surface area contributed by atoms with E-state index in [1.54, 1.807) is 12.3 Å². The van der Waals surface area contributed by atoms with Gasteiger partial charge < -0.3 is 10.6 Å². The lowest BCUT2D eigenvalue weighted by molar-refractivity contribution is -0.120. The third-order valence-corrected chi connectivity index (χ3v) is 5.32. The van der Waals surface area contributed by atoms with Gasteiger partial charge >= 0.3 is 0 Å². The Morgan fingerprint density at radius 1 is 0.703 bits per heavy atom. The number of allylic oxidation sites excluding steroid dienone is 12. The van der Waals surface area contributed by atoms with Crippen LogP contribution in [0.3, 0.4) is 0 Å². The first-order valence-electron chi connectivity index (χ1n) is 13.6. The zero-order valence-electron chi connectivity index (χ0n) is 22.7. The van der Waals surface area contributed by atoms with Crippen LogP contribution in [0.4, 0.5) is 0 Å². The fourth-order valence-corrected chi connectivity index (χ4v) is 3.19. The number of carbonyl (C=O) groups is 2. The molecule has 0 bridgehead atoms. The highest BCUT2D eigenvalue weighted by molar-refractivity contribution is 5.93. The van der Waals surface area contributed by atoms with Gasteiger partial charge in [-0.15, -0.1) is 0 Å². The lowest BCUT2D eigenvalue weighted by Crippen LogP contribution is -2.34. The van der Waals surface area contributed by atoms with E-state index < -0.39 is 0 Å². The number of aryl methyl sites for hydroxylation is 1. The summed E-state index contributed by atoms with van der Waals surface area (Å²) < 4.78 is 0. The molecule has 0 spiro atoms. The number of pyridine rings is 1. The van der Waals surface area contributed by atoms with Gasteiger partial charge in [-0.2, -0.15) is 0 Å². The third kappa shape index (κ3) is 18.5. The van der Waals surface area contributed by atoms with Crippen molar-refractivity contribution in [2.24, 2.45) is 0 Å². The molecule has 1 heterocycles. The monoisotopic (exact) mass is 503 g/mol. The van der Waals surface area contributed by atoms with Crippen LogP contribution >= 0.6 is 0 Å². The van der Waals surface area contributed by atoms with Crippen LogP contribution in [0.15, 0.2) is 91.2 Å². The fourth-order valence-electron chi connectivity index (χ4n) is 3.19. The van der Waals surface area contributed by atoms with Crippen molar-refractivity contribution < 1.29 is 9.59 Å². The van der Waals surface area contributed by atoms with Crippen molar-refractivity contribution in [2.45, 2.75) is 71.6 Å². The Balaban J connectivity index is 1.99. The first-order chi connectivity index (χ1) is 18.2. The average molecular weight is 504 g/mol. The van der Waals surface area contributed by atoms with Crippen LogP contribution in [0.25, 0.3) is 0 Å². The number of rotatable bonds is 19. The molecule has 0 aliphatic carbocycles. The maximum absolute atomic E-state index is 12.1. The van der Waals surface area contributed by atoms with Gasteiger partial charge in [-0.05, 0) is 63.5 Å². The van der Waals surface area contributed by atoms with Crippen LogP contribution in [0.2, 0.25) is 0 Å². The normalized spacial score (nSPS) is 12.3. The van der Waals surface area contributed by atoms with Crippen molar-refractivity contribution in [3.05, 3.63) is 102 Å². The van der Waals surface area contributed by atoms with Gasteiger partial charge in [0.05, 0.1) is 5.56 Å². The second-order valence-electron chi connectivity index (χ2n) is 8.45. The standard InChI is InChI=1S/C32H45N3O2/c1-3-5-6-7-8-9-10-11-12-13-14-15-16-17-18-19-20-21-22-23-31(36)33-26-27-34-32(37)29-24-25-30(4-2)35-28-29/h5-6,8-9,11-12,14-15,17-18,20-21,24-25,28H,3-4,7,10,13,16,19,22-23,26-27H2,1-2H3,(H,33,36)(H,34,37). The predicted molar refractivity (Wildman–Crippen MR) is 156 cm³/mol. The van der Waals surface area contributed by atoms with E-state index >= 15 is 0 Å². The van der Waals surface area contributed by atoms with Crippen molar-refractivity contribution in [3.8, 4) is 0 Å². The first kappa shape index (κ1) is 31.6. The van der Waals surface area contributed by atoms with E-state index in [2.05, 4.69) is 89.4 Å². The quantitative estimate of drug-likeness (QED) is 0.158. The molecule has 0 saturated carbocycles. The summed E-state index contributed by atoms with van der Waals surface area (Å²) >= 11 is 0. The van der Waals surface area contributed by atoms with E-state index in [9.17, 15) is 9.59 Å². The Kier molecular flexibility index (Phi) is 19.6. The molecule has 2 N–H and O–H groups in total. The van der Waals surface area contributed by atoms with E-state index in [0.717, 1.165) is 50.6 Å². The van der Waals surface area contributed by atoms with E-state index in [0.29, 0.717) is 31.5 Å². The number of amides is 2. The number of nitrogens with zero attached hydrogens (tertiary/aromatic N) is 1. The largest absolute Gasteiger partial charge is 0.354 e. The molecule has 0 unspecified atom stereocenters. The molecule has 0 aliphatic heterocycles. The molecule has 1 aromatic rings. The van der Waals surface area contributed by atoms with Crippen LogP contribution in [-0.4, -0.2) is 29.9 Å². The van der Waals surface area contributed by atoms with Crippen molar-refractivity contribution in [1.82, 2.24) is 15.6 Å². The summed E-state index contributed by atoms with van der Waals surface area (Å²) in [5.74, 6) is -0.190. The van der Waals surface area contributed by atoms with Crippen LogP contribution < -0.4 is 10.6 Å². The van der Waals surface area contributed by atoms with Gasteiger partial charge in [0.1, 0.15) is 0 Å². The number of carbonyl (C=O) groups excluding carboxylic acids is 2. The summed E-state index contributed by atoms with van der Waals surface area (Å²) in [5.41, 5.74) is 1.48. The smallest absolute Gasteiger partial charge is 0.252 e. The first-order valence-corrected chi connectivity index (χ1v) is 13.6. The summed E-state index contributed by atoms with van der Waals surface area (Å²) in [6, 6.07) is 3.62. The van der Waals surface area contributed by atoms with Gasteiger partial charge in [0.2, 0.25) is 5.91 Å². The Hall–Kier alpha value is -3.47. The molecule has 0 radical (unpaired) electrons. The zero-order valence-corrected chi connectivity index (χ0v) is 22.7. The van der Waals surface area contributed by atoms with Gasteiger partial charge in [-0.3, -0.25) is 14.6 Å². The SMILES string of the molecule is CCC=CCC=CCC=CCC=CCC=CCC=CCCC(=O)NCCNC(=O)c1ccc(CC)nc1. The van der Waals surface area contributed by atoms with Gasteiger partial charge in [-0.1, -0.05) is 86.8 Å². The molecular formula is C32H45N3O2. The molecule has 5 nitrogen and oxygen atoms in total. The van der Waals surface area contributed by atoms with Crippen LogP contribution in [0.5, 0.6) is 0 Å². The van der Waals surface area contributed by atoms with Crippen molar-refractivity contribution >= 4 is 11.8 Å². The number of hydrogen-bond donors (Lipinski definition) is 2. The number of nitrogens with one attached hydrogen (secondary N) is 2. The topological polar surface area (TPSA) is 71.1 Å². The van der Waals surface area contributed by atoms with Crippen LogP contribution in [0, 0.1) is 0 Å². The van der Waals surface area contributed by atoms with Gasteiger partial charge in [0.15, 0.2) is 0 Å². The summed E-state index contributed by atoms with van der Waals surface area (Å²) in [6.45, 7) is 4.97. The molecule has 0 aromatic carbocycles. The zero-order chi connectivity index (χ0) is 26.8. The molecule has 0 aliphatic rings. The molecule has 0 fully saturated rings.